The number of carbonyl (C=O) groups is 1. The van der Waals surface area contributed by atoms with Crippen LogP contribution < -0.4 is 0 Å². The lowest BCUT2D eigenvalue weighted by molar-refractivity contribution is -0.136. The van der Waals surface area contributed by atoms with Gasteiger partial charge in [-0.3, -0.25) is 4.79 Å². The molecule has 0 aliphatic carbocycles. The highest BCUT2D eigenvalue weighted by Gasteiger charge is 1.90. The predicted molar refractivity (Wildman–Crippen MR) is 77.5 cm³/mol. The SMILES string of the molecule is CC\C=C/C=C/C=C/C=C\C/C=C\CCC(=O)O. The molecule has 1 N–H and O–H groups in total. The first kappa shape index (κ1) is 16.2. The van der Waals surface area contributed by atoms with Crippen LogP contribution in [-0.4, -0.2) is 11.1 Å². The van der Waals surface area contributed by atoms with Gasteiger partial charge in [-0.1, -0.05) is 67.7 Å². The van der Waals surface area contributed by atoms with Crippen LogP contribution in [0.4, 0.5) is 0 Å². The maximum absolute atomic E-state index is 10.2. The van der Waals surface area contributed by atoms with Gasteiger partial charge in [-0.05, 0) is 19.3 Å². The second-order valence-corrected chi connectivity index (χ2v) is 3.67. The summed E-state index contributed by atoms with van der Waals surface area (Å²) in [5.41, 5.74) is 0. The second kappa shape index (κ2) is 13.2. The van der Waals surface area contributed by atoms with E-state index < -0.39 is 5.97 Å². The van der Waals surface area contributed by atoms with Crippen LogP contribution in [0, 0.1) is 0 Å². The summed E-state index contributed by atoms with van der Waals surface area (Å²) in [6.07, 6.45) is 22.7. The Morgan fingerprint density at radius 1 is 0.889 bits per heavy atom. The van der Waals surface area contributed by atoms with Crippen LogP contribution in [-0.2, 0) is 4.79 Å². The van der Waals surface area contributed by atoms with E-state index in [1.807, 2.05) is 54.7 Å². The van der Waals surface area contributed by atoms with E-state index in [9.17, 15) is 4.79 Å². The fraction of sp³-hybridized carbons (Fsp3) is 0.312. The molecule has 0 saturated carbocycles. The number of carboxylic acid groups (broad SMARTS) is 1. The molecule has 0 atom stereocenters. The van der Waals surface area contributed by atoms with E-state index in [1.54, 1.807) is 0 Å². The van der Waals surface area contributed by atoms with Gasteiger partial charge in [0.1, 0.15) is 0 Å². The molecule has 0 rings (SSSR count). The first-order valence-corrected chi connectivity index (χ1v) is 6.29. The molecule has 0 spiro atoms. The molecular formula is C16H22O2. The van der Waals surface area contributed by atoms with E-state index in [-0.39, 0.29) is 6.42 Å². The van der Waals surface area contributed by atoms with E-state index in [1.165, 1.54) is 0 Å². The first-order valence-electron chi connectivity index (χ1n) is 6.29. The van der Waals surface area contributed by atoms with Gasteiger partial charge in [0.05, 0.1) is 0 Å². The van der Waals surface area contributed by atoms with Gasteiger partial charge >= 0.3 is 5.97 Å². The van der Waals surface area contributed by atoms with Crippen molar-refractivity contribution in [3.63, 3.8) is 0 Å². The Bertz CT molecular complexity index is 344. The minimum absolute atomic E-state index is 0.205. The lowest BCUT2D eigenvalue weighted by Gasteiger charge is -1.86. The van der Waals surface area contributed by atoms with E-state index >= 15 is 0 Å². The summed E-state index contributed by atoms with van der Waals surface area (Å²) in [4.78, 5) is 10.2. The van der Waals surface area contributed by atoms with Crippen molar-refractivity contribution in [2.75, 3.05) is 0 Å². The van der Waals surface area contributed by atoms with Gasteiger partial charge in [-0.25, -0.2) is 0 Å². The summed E-state index contributed by atoms with van der Waals surface area (Å²) in [6.45, 7) is 2.10. The summed E-state index contributed by atoms with van der Waals surface area (Å²) >= 11 is 0. The molecule has 0 aromatic heterocycles. The van der Waals surface area contributed by atoms with Crippen LogP contribution in [0.2, 0.25) is 0 Å². The van der Waals surface area contributed by atoms with Gasteiger partial charge in [-0.2, -0.15) is 0 Å². The zero-order valence-electron chi connectivity index (χ0n) is 11.0. The normalized spacial score (nSPS) is 12.9. The lowest BCUT2D eigenvalue weighted by atomic mass is 10.2. The maximum Gasteiger partial charge on any atom is 0.303 e. The summed E-state index contributed by atoms with van der Waals surface area (Å²) < 4.78 is 0. The van der Waals surface area contributed by atoms with Gasteiger partial charge in [0.2, 0.25) is 0 Å². The molecule has 0 radical (unpaired) electrons. The summed E-state index contributed by atoms with van der Waals surface area (Å²) in [5, 5.41) is 8.42. The molecule has 0 saturated heterocycles. The van der Waals surface area contributed by atoms with Gasteiger partial charge in [0.15, 0.2) is 0 Å². The zero-order chi connectivity index (χ0) is 13.5. The average molecular weight is 246 g/mol. The van der Waals surface area contributed by atoms with Crippen molar-refractivity contribution in [3.8, 4) is 0 Å². The third-order valence-corrected chi connectivity index (χ3v) is 2.03. The Balaban J connectivity index is 3.59. The smallest absolute Gasteiger partial charge is 0.303 e. The van der Waals surface area contributed by atoms with Gasteiger partial charge in [-0.15, -0.1) is 0 Å². The number of hydrogen-bond acceptors (Lipinski definition) is 1. The van der Waals surface area contributed by atoms with E-state index in [4.69, 9.17) is 5.11 Å². The lowest BCUT2D eigenvalue weighted by Crippen LogP contribution is -1.91. The highest BCUT2D eigenvalue weighted by atomic mass is 16.4. The quantitative estimate of drug-likeness (QED) is 0.482. The molecule has 98 valence electrons. The molecule has 0 aliphatic rings. The zero-order valence-corrected chi connectivity index (χ0v) is 11.0. The molecule has 18 heavy (non-hydrogen) atoms. The van der Waals surface area contributed by atoms with Crippen LogP contribution >= 0.6 is 0 Å². The summed E-state index contributed by atoms with van der Waals surface area (Å²) in [5.74, 6) is -0.748. The van der Waals surface area contributed by atoms with E-state index in [0.29, 0.717) is 6.42 Å². The number of allylic oxidation sites excluding steroid dienone is 10. The Kier molecular flexibility index (Phi) is 11.9. The van der Waals surface area contributed by atoms with Gasteiger partial charge in [0, 0.05) is 6.42 Å². The average Bonchev–Trinajstić information content (AvgIpc) is 2.34. The van der Waals surface area contributed by atoms with Crippen LogP contribution in [0.1, 0.15) is 32.6 Å². The van der Waals surface area contributed by atoms with Crippen molar-refractivity contribution in [2.45, 2.75) is 32.6 Å². The minimum atomic E-state index is -0.748. The summed E-state index contributed by atoms with van der Waals surface area (Å²) in [7, 11) is 0. The first-order chi connectivity index (χ1) is 8.77. The highest BCUT2D eigenvalue weighted by Crippen LogP contribution is 1.94. The maximum atomic E-state index is 10.2. The summed E-state index contributed by atoms with van der Waals surface area (Å²) in [6, 6.07) is 0. The van der Waals surface area contributed by atoms with Gasteiger partial charge in [0.25, 0.3) is 0 Å². The van der Waals surface area contributed by atoms with E-state index in [2.05, 4.69) is 13.0 Å². The molecular weight excluding hydrogens is 224 g/mol. The van der Waals surface area contributed by atoms with Crippen LogP contribution in [0.25, 0.3) is 0 Å². The van der Waals surface area contributed by atoms with Crippen molar-refractivity contribution in [2.24, 2.45) is 0 Å². The monoisotopic (exact) mass is 246 g/mol. The predicted octanol–water partition coefficient (Wildman–Crippen LogP) is 4.43. The third-order valence-electron chi connectivity index (χ3n) is 2.03. The standard InChI is InChI=1S/C16H22O2/c1-2-3-4-5-6-7-8-9-10-11-12-13-14-15-16(17)18/h3-10,12-13H,2,11,14-15H2,1H3,(H,17,18)/b4-3-,6-5+,8-7+,10-9-,13-12-. The molecule has 0 aromatic carbocycles. The molecule has 0 unspecified atom stereocenters. The van der Waals surface area contributed by atoms with Crippen molar-refractivity contribution < 1.29 is 9.90 Å². The van der Waals surface area contributed by atoms with Crippen LogP contribution in [0.5, 0.6) is 0 Å². The number of hydrogen-bond donors (Lipinski definition) is 1. The Morgan fingerprint density at radius 2 is 1.50 bits per heavy atom. The fourth-order valence-electron chi connectivity index (χ4n) is 1.13. The molecule has 0 aliphatic heterocycles. The Labute approximate surface area is 110 Å². The molecule has 0 fully saturated rings. The topological polar surface area (TPSA) is 37.3 Å². The minimum Gasteiger partial charge on any atom is -0.481 e. The molecule has 0 bridgehead atoms. The number of carboxylic acids is 1. The molecule has 0 aromatic rings. The second-order valence-electron chi connectivity index (χ2n) is 3.67. The Hall–Kier alpha value is -1.83. The van der Waals surface area contributed by atoms with Crippen molar-refractivity contribution in [3.05, 3.63) is 60.8 Å². The Morgan fingerprint density at radius 3 is 2.11 bits per heavy atom. The van der Waals surface area contributed by atoms with Crippen LogP contribution in [0.3, 0.4) is 0 Å². The highest BCUT2D eigenvalue weighted by molar-refractivity contribution is 5.66. The van der Waals surface area contributed by atoms with Crippen molar-refractivity contribution in [1.29, 1.82) is 0 Å². The largest absolute Gasteiger partial charge is 0.481 e. The number of aliphatic carboxylic acids is 1. The number of rotatable bonds is 9. The van der Waals surface area contributed by atoms with E-state index in [0.717, 1.165) is 12.8 Å². The van der Waals surface area contributed by atoms with Crippen molar-refractivity contribution >= 4 is 5.97 Å². The molecule has 2 nitrogen and oxygen atoms in total. The molecule has 2 heteroatoms. The molecule has 0 amide bonds. The fourth-order valence-corrected chi connectivity index (χ4v) is 1.13. The van der Waals surface area contributed by atoms with Gasteiger partial charge < -0.3 is 5.11 Å². The third kappa shape index (κ3) is 14.2. The van der Waals surface area contributed by atoms with Crippen LogP contribution in [0.15, 0.2) is 60.8 Å². The molecule has 0 heterocycles. The van der Waals surface area contributed by atoms with Crippen molar-refractivity contribution in [1.82, 2.24) is 0 Å².